The van der Waals surface area contributed by atoms with Gasteiger partial charge in [-0.05, 0) is 53.9 Å². The zero-order valence-corrected chi connectivity index (χ0v) is 17.5. The quantitative estimate of drug-likeness (QED) is 0.535. The Balaban J connectivity index is 1.88. The van der Waals surface area contributed by atoms with Gasteiger partial charge in [0.05, 0.1) is 13.0 Å². The summed E-state index contributed by atoms with van der Waals surface area (Å²) in [7, 11) is 0. The zero-order valence-electron chi connectivity index (χ0n) is 17.5. The Hall–Kier alpha value is -3.73. The summed E-state index contributed by atoms with van der Waals surface area (Å²) in [6, 6.07) is 20.9. The van der Waals surface area contributed by atoms with Crippen LogP contribution in [0.15, 0.2) is 85.5 Å². The fourth-order valence-electron chi connectivity index (χ4n) is 3.28. The van der Waals surface area contributed by atoms with E-state index < -0.39 is 0 Å². The normalized spacial score (nSPS) is 10.4. The fourth-order valence-corrected chi connectivity index (χ4v) is 3.28. The number of carbonyl (C=O) groups excluding carboxylic acids is 2. The molecule has 3 aromatic carbocycles. The molecule has 4 nitrogen and oxygen atoms in total. The summed E-state index contributed by atoms with van der Waals surface area (Å²) in [5.74, 6) is -0.610. The lowest BCUT2D eigenvalue weighted by atomic mass is 10.1. The largest absolute Gasteiger partial charge is 0.352 e. The van der Waals surface area contributed by atoms with E-state index in [0.717, 1.165) is 11.1 Å². The second kappa shape index (κ2) is 10.3. The first-order valence-corrected chi connectivity index (χ1v) is 10.1. The van der Waals surface area contributed by atoms with Crippen molar-refractivity contribution in [2.45, 2.75) is 19.9 Å². The van der Waals surface area contributed by atoms with E-state index in [2.05, 4.69) is 11.9 Å². The van der Waals surface area contributed by atoms with E-state index in [1.54, 1.807) is 29.2 Å². The van der Waals surface area contributed by atoms with Crippen LogP contribution in [0.3, 0.4) is 0 Å². The molecule has 3 rings (SSSR count). The van der Waals surface area contributed by atoms with Crippen LogP contribution >= 0.6 is 0 Å². The molecule has 158 valence electrons. The maximum absolute atomic E-state index is 13.7. The van der Waals surface area contributed by atoms with Crippen molar-refractivity contribution < 1.29 is 14.0 Å². The van der Waals surface area contributed by atoms with Gasteiger partial charge in [0.15, 0.2) is 0 Å². The Morgan fingerprint density at radius 2 is 1.74 bits per heavy atom. The van der Waals surface area contributed by atoms with Crippen molar-refractivity contribution in [1.29, 1.82) is 0 Å². The topological polar surface area (TPSA) is 49.4 Å². The summed E-state index contributed by atoms with van der Waals surface area (Å²) >= 11 is 0. The minimum absolute atomic E-state index is 0.0970. The molecule has 0 aliphatic heterocycles. The summed E-state index contributed by atoms with van der Waals surface area (Å²) in [5.41, 5.74) is 3.65. The lowest BCUT2D eigenvalue weighted by Crippen LogP contribution is -2.31. The molecule has 5 heteroatoms. The number of benzene rings is 3. The maximum Gasteiger partial charge on any atom is 0.258 e. The van der Waals surface area contributed by atoms with Crippen LogP contribution < -0.4 is 10.2 Å². The van der Waals surface area contributed by atoms with Crippen LogP contribution in [0.4, 0.5) is 10.1 Å². The molecule has 0 aliphatic rings. The number of amides is 2. The number of nitrogens with zero attached hydrogens (tertiary/aromatic N) is 1. The molecule has 0 heterocycles. The molecule has 0 fully saturated rings. The minimum atomic E-state index is -0.346. The summed E-state index contributed by atoms with van der Waals surface area (Å²) in [4.78, 5) is 27.0. The highest BCUT2D eigenvalue weighted by atomic mass is 19.1. The molecule has 0 bridgehead atoms. The standard InChI is InChI=1S/C26H25FN2O2/c1-3-15-28-25(30)17-20-11-13-23(14-12-20)29(18-21-8-6-9-22(27)16-21)26(31)24-10-5-4-7-19(24)2/h3-14,16H,1,15,17-18H2,2H3,(H,28,30). The number of rotatable bonds is 8. The highest BCUT2D eigenvalue weighted by Crippen LogP contribution is 2.23. The average Bonchev–Trinajstić information content (AvgIpc) is 2.77. The van der Waals surface area contributed by atoms with Crippen LogP contribution in [0, 0.1) is 12.7 Å². The van der Waals surface area contributed by atoms with Crippen LogP contribution in [0.5, 0.6) is 0 Å². The number of aryl methyl sites for hydroxylation is 1. The Morgan fingerprint density at radius 3 is 2.42 bits per heavy atom. The third-order valence-corrected chi connectivity index (χ3v) is 4.91. The fraction of sp³-hybridized carbons (Fsp3) is 0.154. The molecule has 0 radical (unpaired) electrons. The van der Waals surface area contributed by atoms with Crippen LogP contribution in [0.1, 0.15) is 27.0 Å². The zero-order chi connectivity index (χ0) is 22.2. The molecule has 0 spiro atoms. The van der Waals surface area contributed by atoms with Gasteiger partial charge < -0.3 is 10.2 Å². The molecule has 31 heavy (non-hydrogen) atoms. The van der Waals surface area contributed by atoms with Crippen molar-refractivity contribution in [3.05, 3.63) is 114 Å². The Kier molecular flexibility index (Phi) is 7.33. The summed E-state index contributed by atoms with van der Waals surface area (Å²) < 4.78 is 13.7. The first-order chi connectivity index (χ1) is 15.0. The molecule has 3 aromatic rings. The highest BCUT2D eigenvalue weighted by Gasteiger charge is 2.20. The SMILES string of the molecule is C=CCNC(=O)Cc1ccc(N(Cc2cccc(F)c2)C(=O)c2ccccc2C)cc1. The van der Waals surface area contributed by atoms with Gasteiger partial charge in [0.2, 0.25) is 5.91 Å². The van der Waals surface area contributed by atoms with Gasteiger partial charge in [-0.2, -0.15) is 0 Å². The number of hydrogen-bond donors (Lipinski definition) is 1. The molecular formula is C26H25FN2O2. The molecule has 0 aliphatic carbocycles. The van der Waals surface area contributed by atoms with E-state index in [9.17, 15) is 14.0 Å². The molecular weight excluding hydrogens is 391 g/mol. The van der Waals surface area contributed by atoms with E-state index in [-0.39, 0.29) is 30.6 Å². The van der Waals surface area contributed by atoms with Crippen molar-refractivity contribution in [3.8, 4) is 0 Å². The van der Waals surface area contributed by atoms with E-state index in [1.165, 1.54) is 12.1 Å². The highest BCUT2D eigenvalue weighted by molar-refractivity contribution is 6.07. The van der Waals surface area contributed by atoms with Gasteiger partial charge in [-0.1, -0.05) is 48.5 Å². The summed E-state index contributed by atoms with van der Waals surface area (Å²) in [6.45, 7) is 6.12. The second-order valence-corrected chi connectivity index (χ2v) is 7.27. The van der Waals surface area contributed by atoms with Gasteiger partial charge in [0, 0.05) is 17.8 Å². The van der Waals surface area contributed by atoms with E-state index in [1.807, 2.05) is 49.4 Å². The van der Waals surface area contributed by atoms with Crippen LogP contribution in [-0.2, 0) is 17.8 Å². The van der Waals surface area contributed by atoms with Gasteiger partial charge in [0.1, 0.15) is 5.82 Å². The summed E-state index contributed by atoms with van der Waals surface area (Å²) in [5, 5.41) is 2.75. The van der Waals surface area contributed by atoms with Gasteiger partial charge >= 0.3 is 0 Å². The third kappa shape index (κ3) is 5.89. The van der Waals surface area contributed by atoms with Crippen molar-refractivity contribution in [2.75, 3.05) is 11.4 Å². The Bertz CT molecular complexity index is 1080. The monoisotopic (exact) mass is 416 g/mol. The van der Waals surface area contributed by atoms with Crippen LogP contribution in [0.2, 0.25) is 0 Å². The number of halogens is 1. The molecule has 0 atom stereocenters. The average molecular weight is 416 g/mol. The second-order valence-electron chi connectivity index (χ2n) is 7.27. The summed E-state index contributed by atoms with van der Waals surface area (Å²) in [6.07, 6.45) is 1.87. The van der Waals surface area contributed by atoms with Crippen molar-refractivity contribution in [1.82, 2.24) is 5.32 Å². The predicted octanol–water partition coefficient (Wildman–Crippen LogP) is 4.83. The molecule has 0 saturated carbocycles. The van der Waals surface area contributed by atoms with E-state index >= 15 is 0 Å². The molecule has 0 aromatic heterocycles. The van der Waals surface area contributed by atoms with E-state index in [4.69, 9.17) is 0 Å². The third-order valence-electron chi connectivity index (χ3n) is 4.91. The van der Waals surface area contributed by atoms with Crippen LogP contribution in [-0.4, -0.2) is 18.4 Å². The van der Waals surface area contributed by atoms with Gasteiger partial charge in [0.25, 0.3) is 5.91 Å². The van der Waals surface area contributed by atoms with Crippen molar-refractivity contribution in [2.24, 2.45) is 0 Å². The van der Waals surface area contributed by atoms with Crippen LogP contribution in [0.25, 0.3) is 0 Å². The Labute approximate surface area is 182 Å². The lowest BCUT2D eigenvalue weighted by Gasteiger charge is -2.24. The van der Waals surface area contributed by atoms with Gasteiger partial charge in [-0.3, -0.25) is 9.59 Å². The Morgan fingerprint density at radius 1 is 1.00 bits per heavy atom. The minimum Gasteiger partial charge on any atom is -0.352 e. The number of hydrogen-bond acceptors (Lipinski definition) is 2. The lowest BCUT2D eigenvalue weighted by molar-refractivity contribution is -0.120. The van der Waals surface area contributed by atoms with E-state index in [0.29, 0.717) is 23.4 Å². The van der Waals surface area contributed by atoms with Gasteiger partial charge in [-0.15, -0.1) is 6.58 Å². The predicted molar refractivity (Wildman–Crippen MR) is 121 cm³/mol. The first kappa shape index (κ1) is 22.0. The van der Waals surface area contributed by atoms with Crippen molar-refractivity contribution in [3.63, 3.8) is 0 Å². The maximum atomic E-state index is 13.7. The number of carbonyl (C=O) groups is 2. The molecule has 1 N–H and O–H groups in total. The first-order valence-electron chi connectivity index (χ1n) is 10.1. The molecule has 2 amide bonds. The smallest absolute Gasteiger partial charge is 0.258 e. The van der Waals surface area contributed by atoms with Crippen molar-refractivity contribution >= 4 is 17.5 Å². The molecule has 0 unspecified atom stereocenters. The van der Waals surface area contributed by atoms with Gasteiger partial charge in [-0.25, -0.2) is 4.39 Å². The molecule has 0 saturated heterocycles. The number of nitrogens with one attached hydrogen (secondary N) is 1. The number of anilines is 1.